The van der Waals surface area contributed by atoms with E-state index in [1.807, 2.05) is 86.6 Å². The molecule has 0 saturated carbocycles. The van der Waals surface area contributed by atoms with Gasteiger partial charge >= 0.3 is 0 Å². The van der Waals surface area contributed by atoms with Gasteiger partial charge in [-0.25, -0.2) is 9.98 Å². The SMILES string of the molecule is Cc1cc(Cl)ccc1/N=C(/C(=N/c1ccc(Cl)cc1C)c1ccccc1)c1ccccc1. The van der Waals surface area contributed by atoms with E-state index < -0.39 is 0 Å². The van der Waals surface area contributed by atoms with Crippen LogP contribution in [0.1, 0.15) is 22.3 Å². The summed E-state index contributed by atoms with van der Waals surface area (Å²) in [7, 11) is 0. The molecule has 4 aromatic carbocycles. The molecule has 0 aliphatic rings. The van der Waals surface area contributed by atoms with Crippen LogP contribution in [0.15, 0.2) is 107 Å². The number of rotatable bonds is 5. The Morgan fingerprint density at radius 3 is 1.25 bits per heavy atom. The van der Waals surface area contributed by atoms with E-state index in [0.717, 1.165) is 45.1 Å². The number of benzene rings is 4. The Balaban J connectivity index is 1.99. The maximum atomic E-state index is 6.18. The van der Waals surface area contributed by atoms with Gasteiger partial charge in [0.1, 0.15) is 0 Å². The molecule has 0 heterocycles. The fraction of sp³-hybridized carbons (Fsp3) is 0.0714. The van der Waals surface area contributed by atoms with Gasteiger partial charge in [-0.2, -0.15) is 0 Å². The summed E-state index contributed by atoms with van der Waals surface area (Å²) in [4.78, 5) is 10.2. The smallest absolute Gasteiger partial charge is 0.0972 e. The van der Waals surface area contributed by atoms with Crippen molar-refractivity contribution >= 4 is 46.0 Å². The van der Waals surface area contributed by atoms with Crippen molar-refractivity contribution in [2.75, 3.05) is 0 Å². The predicted molar refractivity (Wildman–Crippen MR) is 138 cm³/mol. The normalized spacial score (nSPS) is 12.1. The van der Waals surface area contributed by atoms with Crippen molar-refractivity contribution in [3.63, 3.8) is 0 Å². The second-order valence-electron chi connectivity index (χ2n) is 7.51. The highest BCUT2D eigenvalue weighted by Gasteiger charge is 2.16. The second-order valence-corrected chi connectivity index (χ2v) is 8.39. The van der Waals surface area contributed by atoms with Crippen LogP contribution in [-0.4, -0.2) is 11.4 Å². The third-order valence-electron chi connectivity index (χ3n) is 5.10. The molecule has 0 aromatic heterocycles. The Hall–Kier alpha value is -3.20. The number of halogens is 2. The number of aliphatic imine (C=N–C) groups is 2. The maximum Gasteiger partial charge on any atom is 0.0972 e. The van der Waals surface area contributed by atoms with E-state index in [9.17, 15) is 0 Å². The van der Waals surface area contributed by atoms with E-state index in [0.29, 0.717) is 10.0 Å². The molecule has 0 aliphatic carbocycles. The molecule has 0 saturated heterocycles. The molecule has 0 N–H and O–H groups in total. The monoisotopic (exact) mass is 456 g/mol. The topological polar surface area (TPSA) is 24.7 Å². The Bertz CT molecular complexity index is 1190. The van der Waals surface area contributed by atoms with Gasteiger partial charge in [0.05, 0.1) is 22.8 Å². The summed E-state index contributed by atoms with van der Waals surface area (Å²) in [6.07, 6.45) is 0. The molecule has 4 rings (SSSR count). The van der Waals surface area contributed by atoms with E-state index in [1.54, 1.807) is 0 Å². The van der Waals surface area contributed by atoms with Crippen LogP contribution in [0.3, 0.4) is 0 Å². The molecule has 0 atom stereocenters. The summed E-state index contributed by atoms with van der Waals surface area (Å²) >= 11 is 12.4. The number of nitrogens with zero attached hydrogens (tertiary/aromatic N) is 2. The van der Waals surface area contributed by atoms with Crippen molar-refractivity contribution in [3.8, 4) is 0 Å². The van der Waals surface area contributed by atoms with Crippen LogP contribution < -0.4 is 0 Å². The van der Waals surface area contributed by atoms with E-state index >= 15 is 0 Å². The van der Waals surface area contributed by atoms with Crippen LogP contribution in [0.25, 0.3) is 0 Å². The largest absolute Gasteiger partial charge is 0.246 e. The van der Waals surface area contributed by atoms with Crippen LogP contribution in [-0.2, 0) is 0 Å². The molecule has 0 radical (unpaired) electrons. The number of hydrogen-bond donors (Lipinski definition) is 0. The maximum absolute atomic E-state index is 6.18. The first-order valence-electron chi connectivity index (χ1n) is 10.3. The van der Waals surface area contributed by atoms with Crippen molar-refractivity contribution in [3.05, 3.63) is 129 Å². The highest BCUT2D eigenvalue weighted by molar-refractivity contribution is 6.54. The summed E-state index contributed by atoms with van der Waals surface area (Å²) in [5.74, 6) is 0. The van der Waals surface area contributed by atoms with E-state index in [4.69, 9.17) is 33.2 Å². The van der Waals surface area contributed by atoms with Gasteiger partial charge in [0.25, 0.3) is 0 Å². The first kappa shape index (κ1) is 22.0. The first-order valence-corrected chi connectivity index (χ1v) is 11.1. The van der Waals surface area contributed by atoms with Gasteiger partial charge in [-0.05, 0) is 61.4 Å². The Morgan fingerprint density at radius 2 is 0.906 bits per heavy atom. The van der Waals surface area contributed by atoms with Gasteiger partial charge < -0.3 is 0 Å². The standard InChI is InChI=1S/C28H22Cl2N2/c1-19-17-23(29)13-15-25(19)31-27(21-9-5-3-6-10-21)28(22-11-7-4-8-12-22)32-26-16-14-24(30)18-20(26)2/h3-18H,1-2H3/b31-27+,32-28+. The zero-order valence-corrected chi connectivity index (χ0v) is 19.4. The molecule has 4 aromatic rings. The minimum absolute atomic E-state index is 0.691. The van der Waals surface area contributed by atoms with Crippen molar-refractivity contribution < 1.29 is 0 Å². The summed E-state index contributed by atoms with van der Waals surface area (Å²) in [5.41, 5.74) is 7.25. The fourth-order valence-electron chi connectivity index (χ4n) is 3.43. The van der Waals surface area contributed by atoms with Crippen LogP contribution in [0.5, 0.6) is 0 Å². The third-order valence-corrected chi connectivity index (χ3v) is 5.57. The average Bonchev–Trinajstić information content (AvgIpc) is 2.80. The van der Waals surface area contributed by atoms with Gasteiger partial charge in [0, 0.05) is 21.2 Å². The van der Waals surface area contributed by atoms with Gasteiger partial charge in [-0.3, -0.25) is 0 Å². The first-order chi connectivity index (χ1) is 15.5. The molecular weight excluding hydrogens is 435 g/mol. The van der Waals surface area contributed by atoms with Gasteiger partial charge in [-0.15, -0.1) is 0 Å². The third kappa shape index (κ3) is 5.16. The van der Waals surface area contributed by atoms with Gasteiger partial charge in [0.2, 0.25) is 0 Å². The highest BCUT2D eigenvalue weighted by atomic mass is 35.5. The van der Waals surface area contributed by atoms with E-state index in [-0.39, 0.29) is 0 Å². The molecule has 0 bridgehead atoms. The Morgan fingerprint density at radius 1 is 0.531 bits per heavy atom. The lowest BCUT2D eigenvalue weighted by molar-refractivity contribution is 1.38. The van der Waals surface area contributed by atoms with E-state index in [1.165, 1.54) is 0 Å². The fourth-order valence-corrected chi connectivity index (χ4v) is 3.88. The van der Waals surface area contributed by atoms with Gasteiger partial charge in [0.15, 0.2) is 0 Å². The lowest BCUT2D eigenvalue weighted by atomic mass is 9.98. The lowest BCUT2D eigenvalue weighted by Crippen LogP contribution is -2.17. The minimum Gasteiger partial charge on any atom is -0.246 e. The highest BCUT2D eigenvalue weighted by Crippen LogP contribution is 2.27. The zero-order chi connectivity index (χ0) is 22.5. The minimum atomic E-state index is 0.691. The molecule has 0 fully saturated rings. The molecule has 0 amide bonds. The quantitative estimate of drug-likeness (QED) is 0.268. The predicted octanol–water partition coefficient (Wildman–Crippen LogP) is 8.55. The molecule has 32 heavy (non-hydrogen) atoms. The van der Waals surface area contributed by atoms with Crippen LogP contribution >= 0.6 is 23.2 Å². The van der Waals surface area contributed by atoms with Crippen LogP contribution in [0, 0.1) is 13.8 Å². The molecule has 0 unspecified atom stereocenters. The van der Waals surface area contributed by atoms with E-state index in [2.05, 4.69) is 24.3 Å². The van der Waals surface area contributed by atoms with Gasteiger partial charge in [-0.1, -0.05) is 83.9 Å². The summed E-state index contributed by atoms with van der Waals surface area (Å²) in [6, 6.07) is 31.7. The van der Waals surface area contributed by atoms with Crippen LogP contribution in [0.2, 0.25) is 10.0 Å². The van der Waals surface area contributed by atoms with Crippen molar-refractivity contribution in [2.45, 2.75) is 13.8 Å². The molecular formula is C28H22Cl2N2. The number of aryl methyl sites for hydroxylation is 2. The Labute approximate surface area is 198 Å². The zero-order valence-electron chi connectivity index (χ0n) is 17.9. The molecule has 0 aliphatic heterocycles. The molecule has 0 spiro atoms. The lowest BCUT2D eigenvalue weighted by Gasteiger charge is -2.14. The average molecular weight is 457 g/mol. The van der Waals surface area contributed by atoms with Crippen molar-refractivity contribution in [1.29, 1.82) is 0 Å². The summed E-state index contributed by atoms with van der Waals surface area (Å²) in [6.45, 7) is 4.02. The second kappa shape index (κ2) is 9.95. The summed E-state index contributed by atoms with van der Waals surface area (Å²) in [5, 5.41) is 1.38. The molecule has 2 nitrogen and oxygen atoms in total. The van der Waals surface area contributed by atoms with Crippen molar-refractivity contribution in [1.82, 2.24) is 0 Å². The van der Waals surface area contributed by atoms with Crippen molar-refractivity contribution in [2.24, 2.45) is 9.98 Å². The molecule has 4 heteroatoms. The molecule has 158 valence electrons. The number of hydrogen-bond acceptors (Lipinski definition) is 2. The summed E-state index contributed by atoms with van der Waals surface area (Å²) < 4.78 is 0. The van der Waals surface area contributed by atoms with Crippen LogP contribution in [0.4, 0.5) is 11.4 Å². The Kier molecular flexibility index (Phi) is 6.84.